The van der Waals surface area contributed by atoms with Crippen LogP contribution in [0.2, 0.25) is 0 Å². The lowest BCUT2D eigenvalue weighted by molar-refractivity contribution is -0.123. The quantitative estimate of drug-likeness (QED) is 0.803. The monoisotopic (exact) mass is 271 g/mol. The Bertz CT molecular complexity index is 527. The highest BCUT2D eigenvalue weighted by Gasteiger charge is 2.28. The number of nitrogens with one attached hydrogen (secondary N) is 1. The fourth-order valence-corrected chi connectivity index (χ4v) is 1.37. The van der Waals surface area contributed by atoms with Gasteiger partial charge in [-0.2, -0.15) is 13.2 Å². The molecule has 0 aromatic heterocycles. The van der Waals surface area contributed by atoms with Crippen molar-refractivity contribution in [2.75, 3.05) is 13.2 Å². The SMILES string of the molecule is Cc1ccc(C(=O)NCC(F)(F)F)c(C#CCO)c1. The first-order valence-corrected chi connectivity index (χ1v) is 5.39. The summed E-state index contributed by atoms with van der Waals surface area (Å²) in [7, 11) is 0. The number of aliphatic hydroxyl groups is 1. The van der Waals surface area contributed by atoms with Gasteiger partial charge in [0.15, 0.2) is 0 Å². The Labute approximate surface area is 108 Å². The van der Waals surface area contributed by atoms with Crippen LogP contribution in [0.5, 0.6) is 0 Å². The molecule has 6 heteroatoms. The fourth-order valence-electron chi connectivity index (χ4n) is 1.37. The number of benzene rings is 1. The van der Waals surface area contributed by atoms with E-state index in [0.717, 1.165) is 5.56 Å². The maximum atomic E-state index is 12.0. The molecule has 0 saturated carbocycles. The Morgan fingerprint density at radius 2 is 2.11 bits per heavy atom. The summed E-state index contributed by atoms with van der Waals surface area (Å²) < 4.78 is 36.1. The summed E-state index contributed by atoms with van der Waals surface area (Å²) in [6.07, 6.45) is -4.46. The second-order valence-electron chi connectivity index (χ2n) is 3.81. The third-order valence-electron chi connectivity index (χ3n) is 2.17. The number of halogens is 3. The van der Waals surface area contributed by atoms with Crippen LogP contribution in [-0.2, 0) is 0 Å². The van der Waals surface area contributed by atoms with Gasteiger partial charge in [-0.3, -0.25) is 4.79 Å². The topological polar surface area (TPSA) is 49.3 Å². The summed E-state index contributed by atoms with van der Waals surface area (Å²) in [6.45, 7) is -0.0222. The molecule has 0 aliphatic rings. The van der Waals surface area contributed by atoms with Crippen molar-refractivity contribution >= 4 is 5.91 Å². The zero-order valence-electron chi connectivity index (χ0n) is 10.1. The Kier molecular flexibility index (Phi) is 4.95. The summed E-state index contributed by atoms with van der Waals surface area (Å²) in [5.41, 5.74) is 1.15. The van der Waals surface area contributed by atoms with E-state index in [1.807, 2.05) is 0 Å². The van der Waals surface area contributed by atoms with Crippen molar-refractivity contribution in [3.63, 3.8) is 0 Å². The van der Waals surface area contributed by atoms with E-state index in [4.69, 9.17) is 5.11 Å². The highest BCUT2D eigenvalue weighted by molar-refractivity contribution is 5.96. The van der Waals surface area contributed by atoms with E-state index in [1.54, 1.807) is 24.4 Å². The van der Waals surface area contributed by atoms with Crippen molar-refractivity contribution in [1.82, 2.24) is 5.32 Å². The molecule has 0 aliphatic heterocycles. The van der Waals surface area contributed by atoms with Crippen LogP contribution in [0.3, 0.4) is 0 Å². The van der Waals surface area contributed by atoms with E-state index < -0.39 is 25.2 Å². The number of aryl methyl sites for hydroxylation is 1. The molecule has 102 valence electrons. The third kappa shape index (κ3) is 5.02. The van der Waals surface area contributed by atoms with Crippen LogP contribution in [0.1, 0.15) is 21.5 Å². The van der Waals surface area contributed by atoms with Gasteiger partial charge in [0.25, 0.3) is 5.91 Å². The normalized spacial score (nSPS) is 10.6. The van der Waals surface area contributed by atoms with Crippen LogP contribution in [0.4, 0.5) is 13.2 Å². The van der Waals surface area contributed by atoms with Crippen molar-refractivity contribution in [2.24, 2.45) is 0 Å². The van der Waals surface area contributed by atoms with Gasteiger partial charge in [0.05, 0.1) is 5.56 Å². The van der Waals surface area contributed by atoms with Gasteiger partial charge in [-0.1, -0.05) is 17.9 Å². The molecule has 0 aliphatic carbocycles. The number of carbonyl (C=O) groups excluding carboxylic acids is 1. The van der Waals surface area contributed by atoms with Gasteiger partial charge in [0, 0.05) is 5.56 Å². The molecular weight excluding hydrogens is 259 g/mol. The van der Waals surface area contributed by atoms with Crippen LogP contribution in [0.15, 0.2) is 18.2 Å². The predicted octanol–water partition coefficient (Wildman–Crippen LogP) is 1.63. The first-order valence-electron chi connectivity index (χ1n) is 5.39. The minimum atomic E-state index is -4.46. The maximum Gasteiger partial charge on any atom is 0.405 e. The molecule has 1 amide bonds. The molecule has 0 saturated heterocycles. The molecule has 1 rings (SSSR count). The number of amides is 1. The summed E-state index contributed by atoms with van der Waals surface area (Å²) in [5.74, 6) is 4.05. The second-order valence-corrected chi connectivity index (χ2v) is 3.81. The number of hydrogen-bond donors (Lipinski definition) is 2. The Morgan fingerprint density at radius 1 is 1.42 bits per heavy atom. The fraction of sp³-hybridized carbons (Fsp3) is 0.308. The number of rotatable bonds is 2. The smallest absolute Gasteiger partial charge is 0.384 e. The predicted molar refractivity (Wildman–Crippen MR) is 63.5 cm³/mol. The molecule has 1 aromatic rings. The van der Waals surface area contributed by atoms with Crippen molar-refractivity contribution in [2.45, 2.75) is 13.1 Å². The Hall–Kier alpha value is -2.00. The van der Waals surface area contributed by atoms with Gasteiger partial charge < -0.3 is 10.4 Å². The molecule has 0 fully saturated rings. The maximum absolute atomic E-state index is 12.0. The van der Waals surface area contributed by atoms with Gasteiger partial charge in [-0.25, -0.2) is 0 Å². The highest BCUT2D eigenvalue weighted by atomic mass is 19.4. The molecule has 2 N–H and O–H groups in total. The molecule has 0 bridgehead atoms. The van der Waals surface area contributed by atoms with E-state index in [2.05, 4.69) is 11.8 Å². The van der Waals surface area contributed by atoms with Gasteiger partial charge in [0.2, 0.25) is 0 Å². The van der Waals surface area contributed by atoms with Crippen LogP contribution in [0.25, 0.3) is 0 Å². The number of hydrogen-bond acceptors (Lipinski definition) is 2. The standard InChI is InChI=1S/C13H12F3NO2/c1-9-4-5-11(10(7-9)3-2-6-18)12(19)17-8-13(14,15)16/h4-5,7,18H,6,8H2,1H3,(H,17,19). The lowest BCUT2D eigenvalue weighted by atomic mass is 10.0. The lowest BCUT2D eigenvalue weighted by Crippen LogP contribution is -2.34. The molecule has 0 spiro atoms. The van der Waals surface area contributed by atoms with Crippen LogP contribution < -0.4 is 5.32 Å². The molecule has 0 radical (unpaired) electrons. The lowest BCUT2D eigenvalue weighted by Gasteiger charge is -2.10. The molecular formula is C13H12F3NO2. The molecule has 1 aromatic carbocycles. The molecule has 19 heavy (non-hydrogen) atoms. The summed E-state index contributed by atoms with van der Waals surface area (Å²) in [5, 5.41) is 10.4. The molecule has 0 heterocycles. The van der Waals surface area contributed by atoms with Crippen LogP contribution in [-0.4, -0.2) is 30.3 Å². The van der Waals surface area contributed by atoms with E-state index >= 15 is 0 Å². The summed E-state index contributed by atoms with van der Waals surface area (Å²) in [6, 6.07) is 4.58. The average Bonchev–Trinajstić information content (AvgIpc) is 2.32. The van der Waals surface area contributed by atoms with Crippen LogP contribution in [0, 0.1) is 18.8 Å². The summed E-state index contributed by atoms with van der Waals surface area (Å²) in [4.78, 5) is 11.6. The van der Waals surface area contributed by atoms with E-state index in [1.165, 1.54) is 6.07 Å². The minimum Gasteiger partial charge on any atom is -0.384 e. The van der Waals surface area contributed by atoms with E-state index in [0.29, 0.717) is 0 Å². The second kappa shape index (κ2) is 6.25. The van der Waals surface area contributed by atoms with Crippen molar-refractivity contribution in [3.05, 3.63) is 34.9 Å². The summed E-state index contributed by atoms with van der Waals surface area (Å²) >= 11 is 0. The zero-order chi connectivity index (χ0) is 14.5. The van der Waals surface area contributed by atoms with Crippen molar-refractivity contribution in [1.29, 1.82) is 0 Å². The average molecular weight is 271 g/mol. The number of alkyl halides is 3. The van der Waals surface area contributed by atoms with Crippen molar-refractivity contribution < 1.29 is 23.1 Å². The van der Waals surface area contributed by atoms with Gasteiger partial charge in [-0.15, -0.1) is 0 Å². The number of aliphatic hydroxyl groups excluding tert-OH is 1. The molecule has 0 atom stereocenters. The zero-order valence-corrected chi connectivity index (χ0v) is 10.1. The van der Waals surface area contributed by atoms with E-state index in [9.17, 15) is 18.0 Å². The van der Waals surface area contributed by atoms with E-state index in [-0.39, 0.29) is 11.1 Å². The largest absolute Gasteiger partial charge is 0.405 e. The number of carbonyl (C=O) groups is 1. The third-order valence-corrected chi connectivity index (χ3v) is 2.17. The molecule has 3 nitrogen and oxygen atoms in total. The first kappa shape index (κ1) is 15.1. The van der Waals surface area contributed by atoms with Gasteiger partial charge >= 0.3 is 6.18 Å². The van der Waals surface area contributed by atoms with Crippen molar-refractivity contribution in [3.8, 4) is 11.8 Å². The van der Waals surface area contributed by atoms with Gasteiger partial charge in [0.1, 0.15) is 13.2 Å². The van der Waals surface area contributed by atoms with Gasteiger partial charge in [-0.05, 0) is 24.6 Å². The van der Waals surface area contributed by atoms with Crippen LogP contribution >= 0.6 is 0 Å². The molecule has 0 unspecified atom stereocenters. The Morgan fingerprint density at radius 3 is 2.68 bits per heavy atom. The first-order chi connectivity index (χ1) is 8.83. The Balaban J connectivity index is 2.96. The highest BCUT2D eigenvalue weighted by Crippen LogP contribution is 2.14. The minimum absolute atomic E-state index is 0.0517.